The number of carbonyl (C=O) groups excluding carboxylic acids is 1. The molecule has 0 fully saturated rings. The SMILES string of the molecule is O=C(NCC(O)c1cccc(Cl)c1)Nc1ccc(OC(F)F)cc1. The topological polar surface area (TPSA) is 70.6 Å². The maximum absolute atomic E-state index is 12.0. The van der Waals surface area contributed by atoms with Crippen molar-refractivity contribution in [1.82, 2.24) is 5.32 Å². The molecule has 2 rings (SSSR count). The second-order valence-electron chi connectivity index (χ2n) is 4.81. The summed E-state index contributed by atoms with van der Waals surface area (Å²) in [6, 6.07) is 11.6. The van der Waals surface area contributed by atoms with E-state index >= 15 is 0 Å². The van der Waals surface area contributed by atoms with E-state index in [9.17, 15) is 18.7 Å². The second kappa shape index (κ2) is 8.47. The van der Waals surface area contributed by atoms with Crippen molar-refractivity contribution in [3.8, 4) is 5.75 Å². The number of urea groups is 1. The van der Waals surface area contributed by atoms with Gasteiger partial charge in [0.05, 0.1) is 6.10 Å². The highest BCUT2D eigenvalue weighted by Gasteiger charge is 2.10. The number of amides is 2. The van der Waals surface area contributed by atoms with Gasteiger partial charge in [-0.25, -0.2) is 4.79 Å². The van der Waals surface area contributed by atoms with E-state index < -0.39 is 18.7 Å². The van der Waals surface area contributed by atoms with Crippen LogP contribution in [0.1, 0.15) is 11.7 Å². The molecule has 1 atom stereocenters. The minimum atomic E-state index is -2.90. The summed E-state index contributed by atoms with van der Waals surface area (Å²) in [5.41, 5.74) is 0.975. The quantitative estimate of drug-likeness (QED) is 0.737. The van der Waals surface area contributed by atoms with Gasteiger partial charge in [-0.05, 0) is 42.0 Å². The summed E-state index contributed by atoms with van der Waals surface area (Å²) in [4.78, 5) is 11.8. The number of rotatable bonds is 6. The Labute approximate surface area is 142 Å². The summed E-state index contributed by atoms with van der Waals surface area (Å²) in [6.07, 6.45) is -0.906. The fourth-order valence-corrected chi connectivity index (χ4v) is 2.11. The predicted molar refractivity (Wildman–Crippen MR) is 86.5 cm³/mol. The number of halogens is 3. The molecule has 0 saturated heterocycles. The van der Waals surface area contributed by atoms with Crippen LogP contribution < -0.4 is 15.4 Å². The number of nitrogens with one attached hydrogen (secondary N) is 2. The molecule has 128 valence electrons. The van der Waals surface area contributed by atoms with Crippen LogP contribution in [0.5, 0.6) is 5.75 Å². The number of ether oxygens (including phenoxy) is 1. The van der Waals surface area contributed by atoms with Crippen LogP contribution in [-0.4, -0.2) is 24.3 Å². The summed E-state index contributed by atoms with van der Waals surface area (Å²) >= 11 is 5.84. The Morgan fingerprint density at radius 2 is 1.92 bits per heavy atom. The molecule has 0 radical (unpaired) electrons. The molecule has 0 saturated carbocycles. The monoisotopic (exact) mass is 356 g/mol. The zero-order chi connectivity index (χ0) is 17.5. The fraction of sp³-hybridized carbons (Fsp3) is 0.188. The number of anilines is 1. The highest BCUT2D eigenvalue weighted by atomic mass is 35.5. The van der Waals surface area contributed by atoms with E-state index in [0.29, 0.717) is 16.3 Å². The van der Waals surface area contributed by atoms with Gasteiger partial charge in [-0.1, -0.05) is 23.7 Å². The van der Waals surface area contributed by atoms with Gasteiger partial charge in [0.2, 0.25) is 0 Å². The van der Waals surface area contributed by atoms with Crippen LogP contribution in [0.15, 0.2) is 48.5 Å². The lowest BCUT2D eigenvalue weighted by Crippen LogP contribution is -2.32. The first-order chi connectivity index (χ1) is 11.4. The van der Waals surface area contributed by atoms with Crippen molar-refractivity contribution in [1.29, 1.82) is 0 Å². The molecule has 2 aromatic rings. The van der Waals surface area contributed by atoms with E-state index in [4.69, 9.17) is 11.6 Å². The largest absolute Gasteiger partial charge is 0.435 e. The Hall–Kier alpha value is -2.38. The number of hydrogen-bond acceptors (Lipinski definition) is 3. The van der Waals surface area contributed by atoms with Crippen molar-refractivity contribution in [3.63, 3.8) is 0 Å². The third-order valence-electron chi connectivity index (χ3n) is 3.03. The maximum Gasteiger partial charge on any atom is 0.387 e. The van der Waals surface area contributed by atoms with Crippen molar-refractivity contribution in [2.24, 2.45) is 0 Å². The van der Waals surface area contributed by atoms with Gasteiger partial charge in [0.1, 0.15) is 5.75 Å². The number of hydrogen-bond donors (Lipinski definition) is 3. The number of carbonyl (C=O) groups is 1. The first kappa shape index (κ1) is 18.0. The Bertz CT molecular complexity index is 683. The molecule has 5 nitrogen and oxygen atoms in total. The molecule has 8 heteroatoms. The predicted octanol–water partition coefficient (Wildman–Crippen LogP) is 3.80. The van der Waals surface area contributed by atoms with E-state index in [1.54, 1.807) is 24.3 Å². The van der Waals surface area contributed by atoms with Crippen molar-refractivity contribution >= 4 is 23.3 Å². The van der Waals surface area contributed by atoms with E-state index in [-0.39, 0.29) is 12.3 Å². The van der Waals surface area contributed by atoms with Gasteiger partial charge in [0.15, 0.2) is 0 Å². The van der Waals surface area contributed by atoms with Gasteiger partial charge in [0, 0.05) is 17.3 Å². The molecule has 24 heavy (non-hydrogen) atoms. The smallest absolute Gasteiger partial charge is 0.387 e. The lowest BCUT2D eigenvalue weighted by molar-refractivity contribution is -0.0498. The van der Waals surface area contributed by atoms with Crippen LogP contribution in [0.2, 0.25) is 5.02 Å². The van der Waals surface area contributed by atoms with Gasteiger partial charge in [-0.2, -0.15) is 8.78 Å². The first-order valence-electron chi connectivity index (χ1n) is 6.97. The van der Waals surface area contributed by atoms with Gasteiger partial charge >= 0.3 is 12.6 Å². The average molecular weight is 357 g/mol. The van der Waals surface area contributed by atoms with Gasteiger partial charge in [-0.3, -0.25) is 0 Å². The van der Waals surface area contributed by atoms with Crippen LogP contribution >= 0.6 is 11.6 Å². The number of aliphatic hydroxyl groups is 1. The maximum atomic E-state index is 12.0. The Kier molecular flexibility index (Phi) is 6.34. The van der Waals surface area contributed by atoms with Gasteiger partial charge in [0.25, 0.3) is 0 Å². The molecule has 0 spiro atoms. The molecular weight excluding hydrogens is 342 g/mol. The number of alkyl halides is 2. The molecule has 0 bridgehead atoms. The van der Waals surface area contributed by atoms with E-state index in [0.717, 1.165) is 0 Å². The van der Waals surface area contributed by atoms with Crippen LogP contribution in [-0.2, 0) is 0 Å². The van der Waals surface area contributed by atoms with Crippen LogP contribution in [0.3, 0.4) is 0 Å². The summed E-state index contributed by atoms with van der Waals surface area (Å²) in [5, 5.41) is 15.5. The Balaban J connectivity index is 1.82. The van der Waals surface area contributed by atoms with Crippen molar-refractivity contribution < 1.29 is 23.4 Å². The Morgan fingerprint density at radius 3 is 2.54 bits per heavy atom. The molecule has 0 aliphatic carbocycles. The molecule has 2 amide bonds. The summed E-state index contributed by atoms with van der Waals surface area (Å²) in [5.74, 6) is -0.00710. The van der Waals surface area contributed by atoms with Crippen molar-refractivity contribution in [3.05, 3.63) is 59.1 Å². The highest BCUT2D eigenvalue weighted by Crippen LogP contribution is 2.18. The molecule has 1 unspecified atom stereocenters. The van der Waals surface area contributed by atoms with E-state index in [2.05, 4.69) is 15.4 Å². The standard InChI is InChI=1S/C16H15ClF2N2O3/c17-11-3-1-2-10(8-11)14(22)9-20-16(23)21-12-4-6-13(7-5-12)24-15(18)19/h1-8,14-15,22H,9H2,(H2,20,21,23). The molecular formula is C16H15ClF2N2O3. The van der Waals surface area contributed by atoms with Crippen LogP contribution in [0.25, 0.3) is 0 Å². The fourth-order valence-electron chi connectivity index (χ4n) is 1.92. The molecule has 0 aromatic heterocycles. The average Bonchev–Trinajstić information content (AvgIpc) is 2.54. The number of aliphatic hydroxyl groups excluding tert-OH is 1. The normalized spacial score (nSPS) is 11.9. The summed E-state index contributed by atoms with van der Waals surface area (Å²) in [6.45, 7) is -2.92. The summed E-state index contributed by atoms with van der Waals surface area (Å²) < 4.78 is 28.3. The first-order valence-corrected chi connectivity index (χ1v) is 7.35. The molecule has 3 N–H and O–H groups in total. The second-order valence-corrected chi connectivity index (χ2v) is 5.25. The van der Waals surface area contributed by atoms with E-state index in [1.165, 1.54) is 24.3 Å². The molecule has 0 aliphatic heterocycles. The lowest BCUT2D eigenvalue weighted by Gasteiger charge is -2.13. The van der Waals surface area contributed by atoms with E-state index in [1.807, 2.05) is 0 Å². The van der Waals surface area contributed by atoms with Crippen LogP contribution in [0.4, 0.5) is 19.3 Å². The minimum absolute atomic E-state index is 0.00710. The highest BCUT2D eigenvalue weighted by molar-refractivity contribution is 6.30. The third kappa shape index (κ3) is 5.68. The molecule has 0 aliphatic rings. The van der Waals surface area contributed by atoms with Crippen molar-refractivity contribution in [2.75, 3.05) is 11.9 Å². The zero-order valence-corrected chi connectivity index (χ0v) is 13.1. The molecule has 2 aromatic carbocycles. The third-order valence-corrected chi connectivity index (χ3v) is 3.26. The zero-order valence-electron chi connectivity index (χ0n) is 12.4. The molecule has 0 heterocycles. The van der Waals surface area contributed by atoms with Crippen LogP contribution in [0, 0.1) is 0 Å². The van der Waals surface area contributed by atoms with Crippen molar-refractivity contribution in [2.45, 2.75) is 12.7 Å². The lowest BCUT2D eigenvalue weighted by atomic mass is 10.1. The minimum Gasteiger partial charge on any atom is -0.435 e. The Morgan fingerprint density at radius 1 is 1.21 bits per heavy atom. The van der Waals surface area contributed by atoms with Gasteiger partial charge in [-0.15, -0.1) is 0 Å². The summed E-state index contributed by atoms with van der Waals surface area (Å²) in [7, 11) is 0. The number of benzene rings is 2. The van der Waals surface area contributed by atoms with Gasteiger partial charge < -0.3 is 20.5 Å².